The number of amides is 1. The van der Waals surface area contributed by atoms with Gasteiger partial charge in [-0.25, -0.2) is 4.79 Å². The van der Waals surface area contributed by atoms with E-state index in [0.29, 0.717) is 26.0 Å². The lowest BCUT2D eigenvalue weighted by Crippen LogP contribution is -2.53. The summed E-state index contributed by atoms with van der Waals surface area (Å²) in [7, 11) is 0. The van der Waals surface area contributed by atoms with Gasteiger partial charge in [-0.1, -0.05) is 52.9 Å². The zero-order chi connectivity index (χ0) is 19.9. The highest BCUT2D eigenvalue weighted by Crippen LogP contribution is 2.28. The van der Waals surface area contributed by atoms with Crippen LogP contribution in [0.25, 0.3) is 0 Å². The maximum absolute atomic E-state index is 12.7. The second-order valence-electron chi connectivity index (χ2n) is 8.89. The van der Waals surface area contributed by atoms with Crippen LogP contribution in [0.15, 0.2) is 0 Å². The quantitative estimate of drug-likeness (QED) is 0.359. The Hall–Kier alpha value is -1.39. The Balaban J connectivity index is 1.84. The van der Waals surface area contributed by atoms with E-state index < -0.39 is 23.1 Å². The first-order chi connectivity index (χ1) is 12.9. The smallest absolute Gasteiger partial charge is 0.328 e. The van der Waals surface area contributed by atoms with Crippen molar-refractivity contribution in [2.45, 2.75) is 97.4 Å². The number of ketones is 1. The van der Waals surface area contributed by atoms with Gasteiger partial charge in [-0.2, -0.15) is 0 Å². The molecular weight excluding hydrogens is 342 g/mol. The van der Waals surface area contributed by atoms with Crippen molar-refractivity contribution in [2.75, 3.05) is 13.2 Å². The molecule has 0 aromatic heterocycles. The number of carbonyl (C=O) groups is 3. The third-order valence-electron chi connectivity index (χ3n) is 6.45. The van der Waals surface area contributed by atoms with Gasteiger partial charge in [0.25, 0.3) is 5.91 Å². The van der Waals surface area contributed by atoms with Crippen LogP contribution in [-0.2, 0) is 19.1 Å². The van der Waals surface area contributed by atoms with Gasteiger partial charge in [-0.05, 0) is 44.4 Å². The molecule has 2 fully saturated rings. The minimum Gasteiger partial charge on any atom is -0.464 e. The summed E-state index contributed by atoms with van der Waals surface area (Å²) in [5.41, 5.74) is -0.691. The van der Waals surface area contributed by atoms with Crippen molar-refractivity contribution < 1.29 is 19.1 Å². The van der Waals surface area contributed by atoms with E-state index in [2.05, 4.69) is 0 Å². The SMILES string of the molecule is CCC(C)(C)C(=O)C(=O)N1CCCCC1C(=O)OCCCC1CCCCC1. The summed E-state index contributed by atoms with van der Waals surface area (Å²) in [4.78, 5) is 39.3. The number of esters is 1. The van der Waals surface area contributed by atoms with Gasteiger partial charge in [-0.3, -0.25) is 9.59 Å². The van der Waals surface area contributed by atoms with E-state index in [1.54, 1.807) is 13.8 Å². The Labute approximate surface area is 164 Å². The van der Waals surface area contributed by atoms with Crippen LogP contribution in [0.2, 0.25) is 0 Å². The van der Waals surface area contributed by atoms with Crippen molar-refractivity contribution in [1.29, 1.82) is 0 Å². The molecule has 27 heavy (non-hydrogen) atoms. The summed E-state index contributed by atoms with van der Waals surface area (Å²) < 4.78 is 5.50. The van der Waals surface area contributed by atoms with E-state index in [-0.39, 0.29) is 5.97 Å². The van der Waals surface area contributed by atoms with Crippen LogP contribution in [0.3, 0.4) is 0 Å². The van der Waals surface area contributed by atoms with E-state index in [9.17, 15) is 14.4 Å². The Morgan fingerprint density at radius 3 is 2.33 bits per heavy atom. The lowest BCUT2D eigenvalue weighted by Gasteiger charge is -2.35. The number of Topliss-reactive ketones (excluding diaryl/α,β-unsaturated/α-hetero) is 1. The van der Waals surface area contributed by atoms with Gasteiger partial charge in [0, 0.05) is 12.0 Å². The highest BCUT2D eigenvalue weighted by Gasteiger charge is 2.40. The zero-order valence-electron chi connectivity index (χ0n) is 17.4. The minimum atomic E-state index is -0.691. The molecule has 5 heteroatoms. The highest BCUT2D eigenvalue weighted by atomic mass is 16.5. The first-order valence-corrected chi connectivity index (χ1v) is 10.9. The van der Waals surface area contributed by atoms with E-state index in [1.165, 1.54) is 37.0 Å². The molecule has 5 nitrogen and oxygen atoms in total. The van der Waals surface area contributed by atoms with Crippen molar-refractivity contribution in [3.8, 4) is 0 Å². The molecule has 1 aliphatic heterocycles. The first kappa shape index (κ1) is 21.9. The molecule has 0 bridgehead atoms. The summed E-state index contributed by atoms with van der Waals surface area (Å²) in [6, 6.07) is -0.600. The number of hydrogen-bond acceptors (Lipinski definition) is 4. The second-order valence-corrected chi connectivity index (χ2v) is 8.89. The lowest BCUT2D eigenvalue weighted by molar-refractivity contribution is -0.161. The molecular formula is C22H37NO4. The molecule has 154 valence electrons. The minimum absolute atomic E-state index is 0.339. The maximum atomic E-state index is 12.7. The summed E-state index contributed by atoms with van der Waals surface area (Å²) >= 11 is 0. The summed E-state index contributed by atoms with van der Waals surface area (Å²) in [6.45, 7) is 6.36. The second kappa shape index (κ2) is 10.2. The third-order valence-corrected chi connectivity index (χ3v) is 6.45. The molecule has 1 aliphatic carbocycles. The van der Waals surface area contributed by atoms with Gasteiger partial charge in [0.1, 0.15) is 6.04 Å². The number of ether oxygens (including phenoxy) is 1. The zero-order valence-corrected chi connectivity index (χ0v) is 17.4. The van der Waals surface area contributed by atoms with Gasteiger partial charge < -0.3 is 9.64 Å². The van der Waals surface area contributed by atoms with Crippen LogP contribution in [0, 0.1) is 11.3 Å². The number of hydrogen-bond donors (Lipinski definition) is 0. The van der Waals surface area contributed by atoms with Gasteiger partial charge in [0.05, 0.1) is 6.61 Å². The fraction of sp³-hybridized carbons (Fsp3) is 0.864. The fourth-order valence-corrected chi connectivity index (χ4v) is 4.12. The molecule has 1 amide bonds. The molecule has 1 unspecified atom stereocenters. The van der Waals surface area contributed by atoms with Crippen LogP contribution < -0.4 is 0 Å². The Morgan fingerprint density at radius 1 is 1.00 bits per heavy atom. The molecule has 0 N–H and O–H groups in total. The van der Waals surface area contributed by atoms with E-state index >= 15 is 0 Å². The Bertz CT molecular complexity index is 522. The summed E-state index contributed by atoms with van der Waals surface area (Å²) in [6.07, 6.45) is 11.5. The van der Waals surface area contributed by atoms with Crippen LogP contribution in [0.4, 0.5) is 0 Å². The molecule has 1 heterocycles. The highest BCUT2D eigenvalue weighted by molar-refractivity contribution is 6.38. The van der Waals surface area contributed by atoms with Crippen LogP contribution in [0.5, 0.6) is 0 Å². The molecule has 0 aromatic rings. The molecule has 0 spiro atoms. The number of carbonyl (C=O) groups excluding carboxylic acids is 3. The van der Waals surface area contributed by atoms with E-state index in [4.69, 9.17) is 4.74 Å². The van der Waals surface area contributed by atoms with Crippen molar-refractivity contribution >= 4 is 17.7 Å². The van der Waals surface area contributed by atoms with Crippen molar-refractivity contribution in [2.24, 2.45) is 11.3 Å². The number of rotatable bonds is 8. The lowest BCUT2D eigenvalue weighted by atomic mass is 9.84. The average molecular weight is 380 g/mol. The average Bonchev–Trinajstić information content (AvgIpc) is 2.70. The molecule has 2 aliphatic rings. The maximum Gasteiger partial charge on any atom is 0.328 e. The number of piperidine rings is 1. The summed E-state index contributed by atoms with van der Waals surface area (Å²) in [5.74, 6) is -0.486. The van der Waals surface area contributed by atoms with Crippen LogP contribution >= 0.6 is 0 Å². The molecule has 1 atom stereocenters. The molecule has 2 rings (SSSR count). The largest absolute Gasteiger partial charge is 0.464 e. The van der Waals surface area contributed by atoms with Gasteiger partial charge in [0.15, 0.2) is 0 Å². The molecule has 0 radical (unpaired) electrons. The predicted octanol–water partition coefficient (Wildman–Crippen LogP) is 4.28. The normalized spacial score (nSPS) is 21.7. The summed E-state index contributed by atoms with van der Waals surface area (Å²) in [5, 5.41) is 0. The van der Waals surface area contributed by atoms with Crippen molar-refractivity contribution in [1.82, 2.24) is 4.90 Å². The monoisotopic (exact) mass is 379 g/mol. The van der Waals surface area contributed by atoms with E-state index in [1.807, 2.05) is 6.92 Å². The number of likely N-dealkylation sites (tertiary alicyclic amines) is 1. The van der Waals surface area contributed by atoms with Crippen molar-refractivity contribution in [3.05, 3.63) is 0 Å². The van der Waals surface area contributed by atoms with Gasteiger partial charge >= 0.3 is 5.97 Å². The van der Waals surface area contributed by atoms with E-state index in [0.717, 1.165) is 31.6 Å². The number of nitrogens with zero attached hydrogens (tertiary/aromatic N) is 1. The molecule has 1 saturated heterocycles. The first-order valence-electron chi connectivity index (χ1n) is 10.9. The standard InChI is InChI=1S/C22H37NO4/c1-4-22(2,3)19(24)20(25)23-15-9-8-14-18(23)21(26)27-16-10-13-17-11-6-5-7-12-17/h17-18H,4-16H2,1-3H3. The molecule has 1 saturated carbocycles. The third kappa shape index (κ3) is 6.05. The topological polar surface area (TPSA) is 63.7 Å². The van der Waals surface area contributed by atoms with Crippen LogP contribution in [0.1, 0.15) is 91.4 Å². The molecule has 0 aromatic carbocycles. The van der Waals surface area contributed by atoms with Gasteiger partial charge in [0.2, 0.25) is 5.78 Å². The van der Waals surface area contributed by atoms with Crippen molar-refractivity contribution in [3.63, 3.8) is 0 Å². The van der Waals surface area contributed by atoms with Gasteiger partial charge in [-0.15, -0.1) is 0 Å². The Morgan fingerprint density at radius 2 is 1.67 bits per heavy atom. The van der Waals surface area contributed by atoms with Crippen LogP contribution in [-0.4, -0.2) is 41.8 Å². The predicted molar refractivity (Wildman–Crippen MR) is 105 cm³/mol. The Kier molecular flexibility index (Phi) is 8.30. The fourth-order valence-electron chi connectivity index (χ4n) is 4.12.